The zero-order chi connectivity index (χ0) is 13.0. The monoisotopic (exact) mass is 246 g/mol. The number of hydrogen-bond donors (Lipinski definition) is 1. The van der Waals surface area contributed by atoms with Crippen LogP contribution in [0.25, 0.3) is 0 Å². The van der Waals surface area contributed by atoms with Crippen molar-refractivity contribution in [3.63, 3.8) is 0 Å². The summed E-state index contributed by atoms with van der Waals surface area (Å²) < 4.78 is 0. The number of Topliss-reactive ketones (excluding diaryl/α,β-unsaturated/α-hetero) is 1. The van der Waals surface area contributed by atoms with Crippen LogP contribution in [0.4, 0.5) is 5.69 Å². The number of hydrogen-bond acceptors (Lipinski definition) is 3. The van der Waals surface area contributed by atoms with Crippen LogP contribution in [0.3, 0.4) is 0 Å². The Hall–Kier alpha value is -1.68. The number of para-hydroxylation sites is 1. The van der Waals surface area contributed by atoms with Gasteiger partial charge in [-0.1, -0.05) is 12.1 Å². The van der Waals surface area contributed by atoms with E-state index in [1.807, 2.05) is 6.07 Å². The highest BCUT2D eigenvalue weighted by atomic mass is 16.2. The van der Waals surface area contributed by atoms with Gasteiger partial charge in [0.25, 0.3) is 0 Å². The Morgan fingerprint density at radius 1 is 1.22 bits per heavy atom. The normalized spacial score (nSPS) is 15.6. The predicted octanol–water partition coefficient (Wildman–Crippen LogP) is 1.92. The number of benzene rings is 1. The van der Waals surface area contributed by atoms with Crippen molar-refractivity contribution in [3.05, 3.63) is 29.8 Å². The van der Waals surface area contributed by atoms with Crippen molar-refractivity contribution in [2.24, 2.45) is 0 Å². The van der Waals surface area contributed by atoms with Gasteiger partial charge in [0.2, 0.25) is 5.91 Å². The summed E-state index contributed by atoms with van der Waals surface area (Å²) in [4.78, 5) is 25.4. The summed E-state index contributed by atoms with van der Waals surface area (Å²) in [6.45, 7) is 3.89. The number of ketones is 1. The van der Waals surface area contributed by atoms with Crippen LogP contribution in [-0.2, 0) is 4.79 Å². The largest absolute Gasteiger partial charge is 0.324 e. The first-order chi connectivity index (χ1) is 8.66. The Kier molecular flexibility index (Phi) is 4.10. The molecule has 0 atom stereocenters. The molecule has 0 spiro atoms. The molecule has 2 rings (SSSR count). The van der Waals surface area contributed by atoms with E-state index in [9.17, 15) is 9.59 Å². The molecule has 1 aromatic rings. The van der Waals surface area contributed by atoms with E-state index in [1.165, 1.54) is 6.92 Å². The van der Waals surface area contributed by atoms with Gasteiger partial charge < -0.3 is 5.32 Å². The van der Waals surface area contributed by atoms with Crippen LogP contribution >= 0.6 is 0 Å². The van der Waals surface area contributed by atoms with Crippen LogP contribution in [-0.4, -0.2) is 36.2 Å². The second-order valence-electron chi connectivity index (χ2n) is 4.63. The highest BCUT2D eigenvalue weighted by molar-refractivity contribution is 6.04. The predicted molar refractivity (Wildman–Crippen MR) is 70.8 cm³/mol. The molecule has 96 valence electrons. The van der Waals surface area contributed by atoms with E-state index < -0.39 is 0 Å². The van der Waals surface area contributed by atoms with E-state index in [0.29, 0.717) is 17.8 Å². The standard InChI is InChI=1S/C14H18N2O2/c1-11(17)12-6-2-3-7-13(12)15-14(18)10-16-8-4-5-9-16/h2-3,6-7H,4-5,8-10H2,1H3,(H,15,18). The summed E-state index contributed by atoms with van der Waals surface area (Å²) in [5, 5.41) is 2.82. The molecule has 0 bridgehead atoms. The molecular weight excluding hydrogens is 228 g/mol. The van der Waals surface area contributed by atoms with Crippen molar-refractivity contribution in [3.8, 4) is 0 Å². The maximum absolute atomic E-state index is 11.9. The molecule has 1 heterocycles. The number of rotatable bonds is 4. The van der Waals surface area contributed by atoms with Crippen molar-refractivity contribution < 1.29 is 9.59 Å². The molecule has 0 aliphatic carbocycles. The molecule has 1 N–H and O–H groups in total. The molecule has 1 aromatic carbocycles. The van der Waals surface area contributed by atoms with E-state index >= 15 is 0 Å². The number of likely N-dealkylation sites (tertiary alicyclic amines) is 1. The van der Waals surface area contributed by atoms with Crippen LogP contribution in [0.1, 0.15) is 30.1 Å². The summed E-state index contributed by atoms with van der Waals surface area (Å²) >= 11 is 0. The molecule has 0 saturated carbocycles. The summed E-state index contributed by atoms with van der Waals surface area (Å²) in [7, 11) is 0. The first-order valence-corrected chi connectivity index (χ1v) is 6.29. The first kappa shape index (κ1) is 12.8. The maximum Gasteiger partial charge on any atom is 0.238 e. The lowest BCUT2D eigenvalue weighted by Crippen LogP contribution is -2.31. The summed E-state index contributed by atoms with van der Waals surface area (Å²) in [5.74, 6) is -0.0855. The topological polar surface area (TPSA) is 49.4 Å². The quantitative estimate of drug-likeness (QED) is 0.826. The van der Waals surface area contributed by atoms with E-state index in [2.05, 4.69) is 10.2 Å². The molecule has 1 saturated heterocycles. The smallest absolute Gasteiger partial charge is 0.238 e. The fourth-order valence-corrected chi connectivity index (χ4v) is 2.23. The van der Waals surface area contributed by atoms with Crippen molar-refractivity contribution in [1.82, 2.24) is 4.90 Å². The minimum absolute atomic E-state index is 0.0351. The molecule has 18 heavy (non-hydrogen) atoms. The van der Waals surface area contributed by atoms with E-state index in [0.717, 1.165) is 25.9 Å². The molecule has 4 nitrogen and oxygen atoms in total. The third-order valence-corrected chi connectivity index (χ3v) is 3.15. The lowest BCUT2D eigenvalue weighted by Gasteiger charge is -2.15. The molecular formula is C14H18N2O2. The highest BCUT2D eigenvalue weighted by Crippen LogP contribution is 2.16. The van der Waals surface area contributed by atoms with Crippen LogP contribution < -0.4 is 5.32 Å². The molecule has 1 fully saturated rings. The molecule has 1 aliphatic heterocycles. The van der Waals surface area contributed by atoms with Gasteiger partial charge >= 0.3 is 0 Å². The number of nitrogens with one attached hydrogen (secondary N) is 1. The van der Waals surface area contributed by atoms with E-state index in [4.69, 9.17) is 0 Å². The lowest BCUT2D eigenvalue weighted by atomic mass is 10.1. The van der Waals surface area contributed by atoms with Gasteiger partial charge in [-0.05, 0) is 45.0 Å². The molecule has 1 aliphatic rings. The van der Waals surface area contributed by atoms with Gasteiger partial charge in [0.15, 0.2) is 5.78 Å². The van der Waals surface area contributed by atoms with Gasteiger partial charge in [-0.25, -0.2) is 0 Å². The minimum atomic E-state index is -0.0504. The van der Waals surface area contributed by atoms with Crippen molar-refractivity contribution in [2.45, 2.75) is 19.8 Å². The number of nitrogens with zero attached hydrogens (tertiary/aromatic N) is 1. The van der Waals surface area contributed by atoms with Gasteiger partial charge in [0.05, 0.1) is 12.2 Å². The number of anilines is 1. The molecule has 1 amide bonds. The summed E-state index contributed by atoms with van der Waals surface area (Å²) in [6.07, 6.45) is 2.33. The van der Waals surface area contributed by atoms with E-state index in [-0.39, 0.29) is 11.7 Å². The SMILES string of the molecule is CC(=O)c1ccccc1NC(=O)CN1CCCC1. The Morgan fingerprint density at radius 3 is 2.56 bits per heavy atom. The van der Waals surface area contributed by atoms with Crippen LogP contribution in [0.2, 0.25) is 0 Å². The molecule has 0 unspecified atom stereocenters. The number of carbonyl (C=O) groups excluding carboxylic acids is 2. The van der Waals surface area contributed by atoms with Crippen molar-refractivity contribution in [2.75, 3.05) is 25.0 Å². The highest BCUT2D eigenvalue weighted by Gasteiger charge is 2.16. The third kappa shape index (κ3) is 3.17. The third-order valence-electron chi connectivity index (χ3n) is 3.15. The van der Waals surface area contributed by atoms with Crippen LogP contribution in [0, 0.1) is 0 Å². The fraction of sp³-hybridized carbons (Fsp3) is 0.429. The summed E-state index contributed by atoms with van der Waals surface area (Å²) in [6, 6.07) is 7.11. The zero-order valence-corrected chi connectivity index (χ0v) is 10.6. The van der Waals surface area contributed by atoms with Gasteiger partial charge in [-0.15, -0.1) is 0 Å². The van der Waals surface area contributed by atoms with Gasteiger partial charge in [0.1, 0.15) is 0 Å². The minimum Gasteiger partial charge on any atom is -0.324 e. The average molecular weight is 246 g/mol. The van der Waals surface area contributed by atoms with Crippen molar-refractivity contribution in [1.29, 1.82) is 0 Å². The zero-order valence-electron chi connectivity index (χ0n) is 10.6. The van der Waals surface area contributed by atoms with E-state index in [1.54, 1.807) is 18.2 Å². The second-order valence-corrected chi connectivity index (χ2v) is 4.63. The Labute approximate surface area is 107 Å². The van der Waals surface area contributed by atoms with Gasteiger partial charge in [-0.2, -0.15) is 0 Å². The number of carbonyl (C=O) groups is 2. The molecule has 4 heteroatoms. The molecule has 0 aromatic heterocycles. The fourth-order valence-electron chi connectivity index (χ4n) is 2.23. The van der Waals surface area contributed by atoms with Gasteiger partial charge in [0, 0.05) is 5.56 Å². The number of amides is 1. The maximum atomic E-state index is 11.9. The summed E-state index contributed by atoms with van der Waals surface area (Å²) in [5.41, 5.74) is 1.17. The Bertz CT molecular complexity index is 451. The Balaban J connectivity index is 2.00. The second kappa shape index (κ2) is 5.78. The van der Waals surface area contributed by atoms with Crippen molar-refractivity contribution >= 4 is 17.4 Å². The van der Waals surface area contributed by atoms with Crippen LogP contribution in [0.5, 0.6) is 0 Å². The first-order valence-electron chi connectivity index (χ1n) is 6.29. The average Bonchev–Trinajstić information content (AvgIpc) is 2.82. The Morgan fingerprint density at radius 2 is 1.89 bits per heavy atom. The lowest BCUT2D eigenvalue weighted by molar-refractivity contribution is -0.117. The van der Waals surface area contributed by atoms with Gasteiger partial charge in [-0.3, -0.25) is 14.5 Å². The molecule has 0 radical (unpaired) electrons. The van der Waals surface area contributed by atoms with Crippen LogP contribution in [0.15, 0.2) is 24.3 Å².